The fourth-order valence-electron chi connectivity index (χ4n) is 3.32. The zero-order valence-electron chi connectivity index (χ0n) is 14.6. The predicted octanol–water partition coefficient (Wildman–Crippen LogP) is 2.02. The number of likely N-dealkylation sites (tertiary alicyclic amines) is 1. The number of H-pyrrole nitrogens is 1. The summed E-state index contributed by atoms with van der Waals surface area (Å²) in [6.07, 6.45) is 3.89. The minimum atomic E-state index is -0.227. The van der Waals surface area contributed by atoms with Crippen molar-refractivity contribution in [1.82, 2.24) is 30.2 Å². The quantitative estimate of drug-likeness (QED) is 0.712. The molecule has 140 valence electrons. The highest BCUT2D eigenvalue weighted by atomic mass is 19.1. The van der Waals surface area contributed by atoms with E-state index in [9.17, 15) is 9.18 Å². The lowest BCUT2D eigenvalue weighted by Crippen LogP contribution is -2.29. The molecule has 2 aromatic heterocycles. The number of carbonyl (C=O) groups excluding carboxylic acids is 1. The van der Waals surface area contributed by atoms with Crippen LogP contribution >= 0.6 is 0 Å². The lowest BCUT2D eigenvalue weighted by atomic mass is 9.99. The molecule has 1 aliphatic heterocycles. The van der Waals surface area contributed by atoms with Crippen LogP contribution in [0.15, 0.2) is 35.1 Å². The number of rotatable bonds is 6. The number of carbonyl (C=O) groups is 1. The van der Waals surface area contributed by atoms with E-state index < -0.39 is 0 Å². The van der Waals surface area contributed by atoms with Crippen LogP contribution in [-0.2, 0) is 17.6 Å². The Morgan fingerprint density at radius 2 is 2.19 bits per heavy atom. The Labute approximate surface area is 154 Å². The van der Waals surface area contributed by atoms with Crippen LogP contribution in [0.1, 0.15) is 24.3 Å². The number of nitrogens with one attached hydrogen (secondary N) is 1. The normalized spacial score (nSPS) is 16.8. The molecule has 3 aromatic rings. The zero-order chi connectivity index (χ0) is 18.6. The first-order chi connectivity index (χ1) is 13.2. The van der Waals surface area contributed by atoms with Crippen molar-refractivity contribution in [3.05, 3.63) is 47.9 Å². The van der Waals surface area contributed by atoms with Gasteiger partial charge in [0.2, 0.25) is 17.6 Å². The summed E-state index contributed by atoms with van der Waals surface area (Å²) in [6.45, 7) is 1.47. The molecule has 1 N–H and O–H groups in total. The van der Waals surface area contributed by atoms with Gasteiger partial charge in [0.15, 0.2) is 5.82 Å². The molecule has 0 radical (unpaired) electrons. The molecule has 1 unspecified atom stereocenters. The summed E-state index contributed by atoms with van der Waals surface area (Å²) in [5.41, 5.74) is 1.10. The Hall–Kier alpha value is -3.10. The van der Waals surface area contributed by atoms with E-state index in [0.717, 1.165) is 31.5 Å². The Balaban J connectivity index is 1.26. The number of aromatic amines is 1. The second kappa shape index (κ2) is 7.65. The van der Waals surface area contributed by atoms with E-state index in [2.05, 4.69) is 25.3 Å². The molecule has 1 aromatic carbocycles. The van der Waals surface area contributed by atoms with Gasteiger partial charge in [-0.2, -0.15) is 10.1 Å². The third-order valence-corrected chi connectivity index (χ3v) is 4.72. The number of aromatic nitrogens is 5. The molecule has 27 heavy (non-hydrogen) atoms. The van der Waals surface area contributed by atoms with Gasteiger partial charge in [-0.15, -0.1) is 0 Å². The summed E-state index contributed by atoms with van der Waals surface area (Å²) in [7, 11) is 0. The highest BCUT2D eigenvalue weighted by Crippen LogP contribution is 2.22. The van der Waals surface area contributed by atoms with Gasteiger partial charge in [-0.3, -0.25) is 9.89 Å². The van der Waals surface area contributed by atoms with E-state index in [1.165, 1.54) is 18.5 Å². The smallest absolute Gasteiger partial charge is 0.239 e. The van der Waals surface area contributed by atoms with Crippen LogP contribution in [-0.4, -0.2) is 49.2 Å². The van der Waals surface area contributed by atoms with Gasteiger partial charge in [0.05, 0.1) is 0 Å². The molecule has 1 amide bonds. The van der Waals surface area contributed by atoms with Gasteiger partial charge >= 0.3 is 0 Å². The molecular formula is C18H19FN6O2. The van der Waals surface area contributed by atoms with Crippen molar-refractivity contribution in [3.8, 4) is 11.6 Å². The number of hydrogen-bond donors (Lipinski definition) is 1. The summed E-state index contributed by atoms with van der Waals surface area (Å²) in [5.74, 6) is 1.41. The van der Waals surface area contributed by atoms with Crippen molar-refractivity contribution < 1.29 is 13.7 Å². The van der Waals surface area contributed by atoms with Crippen LogP contribution in [0.4, 0.5) is 4.39 Å². The molecule has 1 saturated heterocycles. The second-order valence-corrected chi connectivity index (χ2v) is 6.67. The van der Waals surface area contributed by atoms with Crippen LogP contribution in [0.2, 0.25) is 0 Å². The first kappa shape index (κ1) is 17.3. The summed E-state index contributed by atoms with van der Waals surface area (Å²) in [6, 6.07) is 6.57. The predicted molar refractivity (Wildman–Crippen MR) is 92.8 cm³/mol. The van der Waals surface area contributed by atoms with Gasteiger partial charge in [-0.25, -0.2) is 9.37 Å². The summed E-state index contributed by atoms with van der Waals surface area (Å²) in [4.78, 5) is 22.5. The van der Waals surface area contributed by atoms with Crippen molar-refractivity contribution in [3.63, 3.8) is 0 Å². The lowest BCUT2D eigenvalue weighted by Gasteiger charge is -2.16. The Morgan fingerprint density at radius 1 is 1.33 bits per heavy atom. The number of hydrogen-bond acceptors (Lipinski definition) is 6. The van der Waals surface area contributed by atoms with E-state index in [0.29, 0.717) is 36.3 Å². The topological polar surface area (TPSA) is 101 Å². The molecule has 1 fully saturated rings. The monoisotopic (exact) mass is 370 g/mol. The van der Waals surface area contributed by atoms with Gasteiger partial charge < -0.3 is 9.42 Å². The first-order valence-electron chi connectivity index (χ1n) is 8.88. The van der Waals surface area contributed by atoms with E-state index in [4.69, 9.17) is 4.52 Å². The standard InChI is InChI=1S/C18H19FN6O2/c19-14-3-1-12(2-4-14)9-13-7-8-25(10-13)16(26)6-5-15-22-18(24-27-15)17-20-11-21-23-17/h1-4,11,13H,5-10H2,(H,20,21,23). The van der Waals surface area contributed by atoms with Gasteiger partial charge in [0, 0.05) is 25.9 Å². The third kappa shape index (κ3) is 4.18. The summed E-state index contributed by atoms with van der Waals surface area (Å²) in [5, 5.41) is 10.2. The van der Waals surface area contributed by atoms with Crippen molar-refractivity contribution in [2.75, 3.05) is 13.1 Å². The van der Waals surface area contributed by atoms with E-state index >= 15 is 0 Å². The average molecular weight is 370 g/mol. The van der Waals surface area contributed by atoms with Crippen LogP contribution in [0, 0.1) is 11.7 Å². The first-order valence-corrected chi connectivity index (χ1v) is 8.88. The van der Waals surface area contributed by atoms with Crippen LogP contribution in [0.25, 0.3) is 11.6 Å². The maximum Gasteiger partial charge on any atom is 0.239 e. The van der Waals surface area contributed by atoms with Crippen molar-refractivity contribution in [2.24, 2.45) is 5.92 Å². The Kier molecular flexibility index (Phi) is 4.91. The van der Waals surface area contributed by atoms with Crippen LogP contribution < -0.4 is 0 Å². The fraction of sp³-hybridized carbons (Fsp3) is 0.389. The van der Waals surface area contributed by atoms with Crippen molar-refractivity contribution in [1.29, 1.82) is 0 Å². The Morgan fingerprint density at radius 3 is 2.96 bits per heavy atom. The summed E-state index contributed by atoms with van der Waals surface area (Å²) >= 11 is 0. The molecule has 9 heteroatoms. The number of nitrogens with zero attached hydrogens (tertiary/aromatic N) is 5. The highest BCUT2D eigenvalue weighted by molar-refractivity contribution is 5.76. The lowest BCUT2D eigenvalue weighted by molar-refractivity contribution is -0.130. The summed E-state index contributed by atoms with van der Waals surface area (Å²) < 4.78 is 18.2. The van der Waals surface area contributed by atoms with E-state index in [1.54, 1.807) is 0 Å². The minimum absolute atomic E-state index is 0.0796. The van der Waals surface area contributed by atoms with Crippen LogP contribution in [0.5, 0.6) is 0 Å². The van der Waals surface area contributed by atoms with E-state index in [1.807, 2.05) is 17.0 Å². The maximum absolute atomic E-state index is 13.0. The Bertz CT molecular complexity index is 893. The van der Waals surface area contributed by atoms with Gasteiger partial charge in [-0.1, -0.05) is 17.3 Å². The van der Waals surface area contributed by atoms with Gasteiger partial charge in [0.1, 0.15) is 12.1 Å². The number of halogens is 1. The molecule has 1 aliphatic rings. The third-order valence-electron chi connectivity index (χ3n) is 4.72. The van der Waals surface area contributed by atoms with Crippen LogP contribution in [0.3, 0.4) is 0 Å². The number of aryl methyl sites for hydroxylation is 1. The van der Waals surface area contributed by atoms with E-state index in [-0.39, 0.29) is 11.7 Å². The number of benzene rings is 1. The van der Waals surface area contributed by atoms with Crippen molar-refractivity contribution in [2.45, 2.75) is 25.7 Å². The highest BCUT2D eigenvalue weighted by Gasteiger charge is 2.26. The molecule has 8 nitrogen and oxygen atoms in total. The molecule has 3 heterocycles. The van der Waals surface area contributed by atoms with Gasteiger partial charge in [-0.05, 0) is 36.5 Å². The molecule has 0 spiro atoms. The maximum atomic E-state index is 13.0. The largest absolute Gasteiger partial charge is 0.342 e. The molecule has 0 bridgehead atoms. The second-order valence-electron chi connectivity index (χ2n) is 6.67. The zero-order valence-corrected chi connectivity index (χ0v) is 14.6. The van der Waals surface area contributed by atoms with Crippen molar-refractivity contribution >= 4 is 5.91 Å². The average Bonchev–Trinajstić information content (AvgIpc) is 3.43. The molecule has 4 rings (SSSR count). The minimum Gasteiger partial charge on any atom is -0.342 e. The molecular weight excluding hydrogens is 351 g/mol. The number of amides is 1. The molecule has 1 atom stereocenters. The fourth-order valence-corrected chi connectivity index (χ4v) is 3.32. The SMILES string of the molecule is O=C(CCc1nc(-c2ncn[nH]2)no1)N1CCC(Cc2ccc(F)cc2)C1. The molecule has 0 aliphatic carbocycles. The van der Waals surface area contributed by atoms with Gasteiger partial charge in [0.25, 0.3) is 0 Å². The molecule has 0 saturated carbocycles.